The molecule has 108 valence electrons. The fraction of sp³-hybridized carbons (Fsp3) is 0.235. The molecule has 0 bridgehead atoms. The number of fused-ring (bicyclic) bond motifs is 1. The van der Waals surface area contributed by atoms with Crippen LogP contribution in [0.25, 0.3) is 10.2 Å². The number of rotatable bonds is 3. The lowest BCUT2D eigenvalue weighted by Gasteiger charge is -2.09. The number of methoxy groups -OCH3 is 1. The lowest BCUT2D eigenvalue weighted by atomic mass is 10.1. The van der Waals surface area contributed by atoms with E-state index in [0.717, 1.165) is 10.2 Å². The van der Waals surface area contributed by atoms with Gasteiger partial charge in [-0.05, 0) is 31.5 Å². The average molecular weight is 299 g/mol. The Hall–Kier alpha value is -2.07. The molecule has 0 spiro atoms. The quantitative estimate of drug-likeness (QED) is 0.680. The third-order valence-electron chi connectivity index (χ3n) is 3.53. The first kappa shape index (κ1) is 13.9. The summed E-state index contributed by atoms with van der Waals surface area (Å²) in [6, 6.07) is 12.4. The summed E-state index contributed by atoms with van der Waals surface area (Å²) in [7, 11) is 1.42. The van der Waals surface area contributed by atoms with Crippen LogP contribution in [0.5, 0.6) is 0 Å². The minimum Gasteiger partial charge on any atom is -0.464 e. The third kappa shape index (κ3) is 2.59. The predicted molar refractivity (Wildman–Crippen MR) is 86.2 cm³/mol. The minimum absolute atomic E-state index is 0.288. The molecular weight excluding hydrogens is 282 g/mol. The van der Waals surface area contributed by atoms with E-state index >= 15 is 0 Å². The predicted octanol–water partition coefficient (Wildman–Crippen LogP) is 4.15. The molecule has 3 aromatic rings. The van der Waals surface area contributed by atoms with Crippen molar-refractivity contribution in [2.75, 3.05) is 7.11 Å². The highest BCUT2D eigenvalue weighted by molar-refractivity contribution is 7.19. The van der Waals surface area contributed by atoms with Gasteiger partial charge in [0.05, 0.1) is 17.3 Å². The van der Waals surface area contributed by atoms with Crippen LogP contribution in [0.3, 0.4) is 0 Å². The first-order valence-corrected chi connectivity index (χ1v) is 7.63. The van der Waals surface area contributed by atoms with Gasteiger partial charge in [0.2, 0.25) is 0 Å². The molecule has 0 atom stereocenters. The Labute approximate surface area is 127 Å². The van der Waals surface area contributed by atoms with E-state index in [1.165, 1.54) is 23.1 Å². The average Bonchev–Trinajstić information content (AvgIpc) is 2.96. The van der Waals surface area contributed by atoms with Crippen LogP contribution in [0.1, 0.15) is 26.5 Å². The minimum atomic E-state index is -0.288. The smallest absolute Gasteiger partial charge is 0.354 e. The lowest BCUT2D eigenvalue weighted by molar-refractivity contribution is 0.0589. The van der Waals surface area contributed by atoms with Crippen LogP contribution in [0, 0.1) is 13.8 Å². The highest BCUT2D eigenvalue weighted by Gasteiger charge is 2.17. The van der Waals surface area contributed by atoms with Crippen molar-refractivity contribution in [3.63, 3.8) is 0 Å². The summed E-state index contributed by atoms with van der Waals surface area (Å²) in [5, 5.41) is 0. The van der Waals surface area contributed by atoms with Gasteiger partial charge in [0.25, 0.3) is 0 Å². The van der Waals surface area contributed by atoms with Crippen molar-refractivity contribution in [2.24, 2.45) is 0 Å². The molecule has 0 amide bonds. The van der Waals surface area contributed by atoms with Crippen LogP contribution in [-0.4, -0.2) is 17.6 Å². The van der Waals surface area contributed by atoms with Crippen LogP contribution in [0.2, 0.25) is 0 Å². The van der Waals surface area contributed by atoms with Gasteiger partial charge in [0.15, 0.2) is 0 Å². The molecule has 4 heteroatoms. The molecule has 0 radical (unpaired) electrons. The lowest BCUT2D eigenvalue weighted by Crippen LogP contribution is -2.11. The zero-order valence-electron chi connectivity index (χ0n) is 12.3. The molecule has 0 unspecified atom stereocenters. The molecule has 0 N–H and O–H groups in total. The van der Waals surface area contributed by atoms with Gasteiger partial charge in [-0.2, -0.15) is 0 Å². The zero-order chi connectivity index (χ0) is 15.0. The molecule has 2 aromatic heterocycles. The summed E-state index contributed by atoms with van der Waals surface area (Å²) in [4.78, 5) is 13.3. The maximum atomic E-state index is 12.0. The van der Waals surface area contributed by atoms with E-state index < -0.39 is 0 Å². The highest BCUT2D eigenvalue weighted by atomic mass is 32.1. The van der Waals surface area contributed by atoms with Gasteiger partial charge in [-0.25, -0.2) is 4.79 Å². The summed E-state index contributed by atoms with van der Waals surface area (Å²) >= 11 is 1.70. The van der Waals surface area contributed by atoms with Crippen LogP contribution < -0.4 is 0 Å². The molecule has 0 aliphatic heterocycles. The zero-order valence-corrected chi connectivity index (χ0v) is 13.2. The Bertz CT molecular complexity index is 813. The second-order valence-corrected chi connectivity index (χ2v) is 6.49. The van der Waals surface area contributed by atoms with Crippen molar-refractivity contribution < 1.29 is 9.53 Å². The summed E-state index contributed by atoms with van der Waals surface area (Å²) in [6.07, 6.45) is 0. The standard InChI is InChI=1S/C17H17NO2S/c1-11-5-4-6-13(7-11)10-18-14-8-12(2)21-16(14)9-15(18)17(19)20-3/h4-9H,10H2,1-3H3. The van der Waals surface area contributed by atoms with Crippen LogP contribution in [0.4, 0.5) is 0 Å². The Balaban J connectivity index is 2.11. The SMILES string of the molecule is COC(=O)c1cc2sc(C)cc2n1Cc1cccc(C)c1. The van der Waals surface area contributed by atoms with E-state index in [2.05, 4.69) is 38.1 Å². The van der Waals surface area contributed by atoms with Crippen molar-refractivity contribution in [3.8, 4) is 0 Å². The van der Waals surface area contributed by atoms with Crippen LogP contribution >= 0.6 is 11.3 Å². The second kappa shape index (κ2) is 5.37. The molecule has 1 aromatic carbocycles. The highest BCUT2D eigenvalue weighted by Crippen LogP contribution is 2.29. The molecule has 0 saturated heterocycles. The van der Waals surface area contributed by atoms with Crippen LogP contribution in [-0.2, 0) is 11.3 Å². The summed E-state index contributed by atoms with van der Waals surface area (Å²) in [5.74, 6) is -0.288. The first-order chi connectivity index (χ1) is 10.1. The van der Waals surface area contributed by atoms with E-state index in [0.29, 0.717) is 12.2 Å². The Kier molecular flexibility index (Phi) is 3.55. The van der Waals surface area contributed by atoms with E-state index in [-0.39, 0.29) is 5.97 Å². The van der Waals surface area contributed by atoms with Gasteiger partial charge in [-0.1, -0.05) is 29.8 Å². The van der Waals surface area contributed by atoms with Gasteiger partial charge < -0.3 is 9.30 Å². The van der Waals surface area contributed by atoms with E-state index in [4.69, 9.17) is 4.74 Å². The Morgan fingerprint density at radius 1 is 1.24 bits per heavy atom. The van der Waals surface area contributed by atoms with Crippen molar-refractivity contribution in [2.45, 2.75) is 20.4 Å². The molecule has 21 heavy (non-hydrogen) atoms. The summed E-state index contributed by atoms with van der Waals surface area (Å²) < 4.78 is 8.08. The van der Waals surface area contributed by atoms with Gasteiger partial charge in [0, 0.05) is 11.4 Å². The number of hydrogen-bond acceptors (Lipinski definition) is 3. The van der Waals surface area contributed by atoms with Crippen molar-refractivity contribution >= 4 is 27.5 Å². The number of ether oxygens (including phenoxy) is 1. The van der Waals surface area contributed by atoms with Crippen molar-refractivity contribution in [1.29, 1.82) is 0 Å². The van der Waals surface area contributed by atoms with Gasteiger partial charge in [-0.15, -0.1) is 11.3 Å². The normalized spacial score (nSPS) is 11.0. The van der Waals surface area contributed by atoms with Gasteiger partial charge in [0.1, 0.15) is 5.69 Å². The largest absolute Gasteiger partial charge is 0.464 e. The van der Waals surface area contributed by atoms with E-state index in [1.54, 1.807) is 11.3 Å². The molecule has 2 heterocycles. The maximum absolute atomic E-state index is 12.0. The molecule has 3 nitrogen and oxygen atoms in total. The molecule has 0 aliphatic carbocycles. The molecule has 0 saturated carbocycles. The number of esters is 1. The monoisotopic (exact) mass is 299 g/mol. The second-order valence-electron chi connectivity index (χ2n) is 5.20. The first-order valence-electron chi connectivity index (χ1n) is 6.82. The summed E-state index contributed by atoms with van der Waals surface area (Å²) in [5.41, 5.74) is 4.11. The number of aryl methyl sites for hydroxylation is 2. The van der Waals surface area contributed by atoms with Crippen LogP contribution in [0.15, 0.2) is 36.4 Å². The number of aromatic nitrogens is 1. The summed E-state index contributed by atoms with van der Waals surface area (Å²) in [6.45, 7) is 4.83. The molecule has 3 rings (SSSR count). The molecular formula is C17H17NO2S. The third-order valence-corrected chi connectivity index (χ3v) is 4.52. The molecule has 0 fully saturated rings. The maximum Gasteiger partial charge on any atom is 0.354 e. The number of nitrogens with zero attached hydrogens (tertiary/aromatic N) is 1. The van der Waals surface area contributed by atoms with Crippen molar-refractivity contribution in [3.05, 3.63) is 58.1 Å². The Morgan fingerprint density at radius 3 is 2.76 bits per heavy atom. The number of carbonyl (C=O) groups is 1. The van der Waals surface area contributed by atoms with Gasteiger partial charge >= 0.3 is 5.97 Å². The number of carbonyl (C=O) groups excluding carboxylic acids is 1. The number of thiophene rings is 1. The fourth-order valence-corrected chi connectivity index (χ4v) is 3.56. The van der Waals surface area contributed by atoms with Crippen molar-refractivity contribution in [1.82, 2.24) is 4.57 Å². The topological polar surface area (TPSA) is 31.2 Å². The number of hydrogen-bond donors (Lipinski definition) is 0. The Morgan fingerprint density at radius 2 is 2.05 bits per heavy atom. The van der Waals surface area contributed by atoms with Gasteiger partial charge in [-0.3, -0.25) is 0 Å². The molecule has 0 aliphatic rings. The number of benzene rings is 1. The fourth-order valence-electron chi connectivity index (χ4n) is 2.60. The van der Waals surface area contributed by atoms with E-state index in [1.807, 2.05) is 16.7 Å². The van der Waals surface area contributed by atoms with E-state index in [9.17, 15) is 4.79 Å².